The fourth-order valence-corrected chi connectivity index (χ4v) is 2.80. The van der Waals surface area contributed by atoms with Crippen LogP contribution in [0, 0.1) is 17.0 Å². The minimum Gasteiger partial charge on any atom is -0.393 e. The molecule has 0 bridgehead atoms. The third kappa shape index (κ3) is 4.27. The SMILES string of the molecule is Cc1cc([N+](=O)[O-])ccc1S(=O)(=O)NCCC(C)O. The second-order valence-corrected chi connectivity index (χ2v) is 5.98. The first-order chi connectivity index (χ1) is 8.74. The van der Waals surface area contributed by atoms with E-state index < -0.39 is 21.1 Å². The van der Waals surface area contributed by atoms with E-state index >= 15 is 0 Å². The lowest BCUT2D eigenvalue weighted by molar-refractivity contribution is -0.385. The van der Waals surface area contributed by atoms with Gasteiger partial charge in [-0.1, -0.05) is 0 Å². The highest BCUT2D eigenvalue weighted by molar-refractivity contribution is 7.89. The topological polar surface area (TPSA) is 110 Å². The molecular weight excluding hydrogens is 272 g/mol. The molecular formula is C11H16N2O5S. The van der Waals surface area contributed by atoms with E-state index in [9.17, 15) is 18.5 Å². The molecule has 0 heterocycles. The summed E-state index contributed by atoms with van der Waals surface area (Å²) < 4.78 is 26.2. The summed E-state index contributed by atoms with van der Waals surface area (Å²) in [6, 6.07) is 3.57. The molecule has 1 aromatic rings. The standard InChI is InChI=1S/C11H16N2O5S/c1-8-7-10(13(15)16)3-4-11(8)19(17,18)12-6-5-9(2)14/h3-4,7,9,12,14H,5-6H2,1-2H3. The normalized spacial score (nSPS) is 13.2. The maximum atomic E-state index is 12.0. The number of nitro groups is 1. The van der Waals surface area contributed by atoms with Gasteiger partial charge in [0, 0.05) is 18.7 Å². The van der Waals surface area contributed by atoms with Crippen molar-refractivity contribution in [2.75, 3.05) is 6.54 Å². The Balaban J connectivity index is 2.93. The molecule has 0 radical (unpaired) electrons. The third-order valence-electron chi connectivity index (χ3n) is 2.51. The molecule has 0 fully saturated rings. The van der Waals surface area contributed by atoms with E-state index in [0.717, 1.165) is 6.07 Å². The van der Waals surface area contributed by atoms with Gasteiger partial charge in [0.2, 0.25) is 10.0 Å². The molecule has 19 heavy (non-hydrogen) atoms. The van der Waals surface area contributed by atoms with E-state index in [1.54, 1.807) is 6.92 Å². The number of sulfonamides is 1. The van der Waals surface area contributed by atoms with Crippen molar-refractivity contribution >= 4 is 15.7 Å². The average Bonchev–Trinajstić information content (AvgIpc) is 2.27. The molecule has 0 saturated carbocycles. The zero-order chi connectivity index (χ0) is 14.6. The number of aryl methyl sites for hydroxylation is 1. The van der Waals surface area contributed by atoms with Crippen LogP contribution in [0.3, 0.4) is 0 Å². The highest BCUT2D eigenvalue weighted by Gasteiger charge is 2.18. The van der Waals surface area contributed by atoms with Crippen LogP contribution in [0.5, 0.6) is 0 Å². The molecule has 0 amide bonds. The van der Waals surface area contributed by atoms with Gasteiger partial charge in [-0.3, -0.25) is 10.1 Å². The molecule has 1 rings (SSSR count). The van der Waals surface area contributed by atoms with Crippen molar-refractivity contribution in [1.29, 1.82) is 0 Å². The van der Waals surface area contributed by atoms with E-state index in [1.165, 1.54) is 19.1 Å². The molecule has 0 saturated heterocycles. The van der Waals surface area contributed by atoms with Crippen LogP contribution in [-0.2, 0) is 10.0 Å². The van der Waals surface area contributed by atoms with Gasteiger partial charge in [0.1, 0.15) is 0 Å². The number of rotatable bonds is 6. The van der Waals surface area contributed by atoms with E-state index in [0.29, 0.717) is 12.0 Å². The van der Waals surface area contributed by atoms with Crippen molar-refractivity contribution in [2.45, 2.75) is 31.3 Å². The lowest BCUT2D eigenvalue weighted by Crippen LogP contribution is -2.27. The number of hydrogen-bond donors (Lipinski definition) is 2. The summed E-state index contributed by atoms with van der Waals surface area (Å²) in [6.07, 6.45) is -0.300. The molecule has 0 aliphatic carbocycles. The smallest absolute Gasteiger partial charge is 0.269 e. The Morgan fingerprint density at radius 2 is 2.11 bits per heavy atom. The second kappa shape index (κ2) is 6.09. The Hall–Kier alpha value is -1.51. The Kier molecular flexibility index (Phi) is 4.98. The first-order valence-electron chi connectivity index (χ1n) is 5.67. The molecule has 7 nitrogen and oxygen atoms in total. The average molecular weight is 288 g/mol. The second-order valence-electron chi connectivity index (χ2n) is 4.24. The van der Waals surface area contributed by atoms with Crippen LogP contribution in [0.1, 0.15) is 18.9 Å². The first kappa shape index (κ1) is 15.5. The Morgan fingerprint density at radius 1 is 1.47 bits per heavy atom. The molecule has 106 valence electrons. The monoisotopic (exact) mass is 288 g/mol. The molecule has 1 unspecified atom stereocenters. The van der Waals surface area contributed by atoms with Gasteiger partial charge in [-0.05, 0) is 31.9 Å². The number of aliphatic hydroxyl groups excluding tert-OH is 1. The summed E-state index contributed by atoms with van der Waals surface area (Å²) in [4.78, 5) is 10.00. The highest BCUT2D eigenvalue weighted by atomic mass is 32.2. The van der Waals surface area contributed by atoms with E-state index in [1.807, 2.05) is 0 Å². The van der Waals surface area contributed by atoms with E-state index in [4.69, 9.17) is 5.11 Å². The number of nitrogens with one attached hydrogen (secondary N) is 1. The van der Waals surface area contributed by atoms with Crippen molar-refractivity contribution < 1.29 is 18.4 Å². The number of nitro benzene ring substituents is 1. The molecule has 0 aliphatic heterocycles. The molecule has 0 aliphatic rings. The maximum Gasteiger partial charge on any atom is 0.269 e. The number of hydrogen-bond acceptors (Lipinski definition) is 5. The fraction of sp³-hybridized carbons (Fsp3) is 0.455. The Labute approximate surface area is 111 Å². The molecule has 1 aromatic carbocycles. The zero-order valence-electron chi connectivity index (χ0n) is 10.7. The zero-order valence-corrected chi connectivity index (χ0v) is 11.5. The predicted octanol–water partition coefficient (Wildman–Crippen LogP) is 0.952. The van der Waals surface area contributed by atoms with Gasteiger partial charge in [-0.15, -0.1) is 0 Å². The molecule has 0 spiro atoms. The van der Waals surface area contributed by atoms with Gasteiger partial charge in [0.05, 0.1) is 15.9 Å². The minimum absolute atomic E-state index is 0.00342. The minimum atomic E-state index is -3.71. The highest BCUT2D eigenvalue weighted by Crippen LogP contribution is 2.20. The van der Waals surface area contributed by atoms with Gasteiger partial charge in [-0.25, -0.2) is 13.1 Å². The lowest BCUT2D eigenvalue weighted by Gasteiger charge is -2.10. The van der Waals surface area contributed by atoms with Crippen LogP contribution in [0.2, 0.25) is 0 Å². The van der Waals surface area contributed by atoms with Crippen LogP contribution in [0.4, 0.5) is 5.69 Å². The van der Waals surface area contributed by atoms with Crippen LogP contribution >= 0.6 is 0 Å². The number of benzene rings is 1. The third-order valence-corrected chi connectivity index (χ3v) is 4.13. The Morgan fingerprint density at radius 3 is 2.58 bits per heavy atom. The van der Waals surface area contributed by atoms with Crippen molar-refractivity contribution in [3.63, 3.8) is 0 Å². The maximum absolute atomic E-state index is 12.0. The molecule has 0 aromatic heterocycles. The van der Waals surface area contributed by atoms with Crippen LogP contribution in [0.15, 0.2) is 23.1 Å². The van der Waals surface area contributed by atoms with Crippen molar-refractivity contribution in [3.05, 3.63) is 33.9 Å². The van der Waals surface area contributed by atoms with E-state index in [2.05, 4.69) is 4.72 Å². The van der Waals surface area contributed by atoms with Gasteiger partial charge in [0.25, 0.3) is 5.69 Å². The summed E-state index contributed by atoms with van der Waals surface area (Å²) >= 11 is 0. The summed E-state index contributed by atoms with van der Waals surface area (Å²) in [5.74, 6) is 0. The van der Waals surface area contributed by atoms with Gasteiger partial charge in [-0.2, -0.15) is 0 Å². The van der Waals surface area contributed by atoms with Crippen molar-refractivity contribution in [2.24, 2.45) is 0 Å². The summed E-state index contributed by atoms with van der Waals surface area (Å²) in [6.45, 7) is 3.16. The molecule has 2 N–H and O–H groups in total. The van der Waals surface area contributed by atoms with Crippen LogP contribution in [-0.4, -0.2) is 31.1 Å². The lowest BCUT2D eigenvalue weighted by atomic mass is 10.2. The predicted molar refractivity (Wildman–Crippen MR) is 69.3 cm³/mol. The van der Waals surface area contributed by atoms with Gasteiger partial charge >= 0.3 is 0 Å². The number of aliphatic hydroxyl groups is 1. The fourth-order valence-electron chi connectivity index (χ4n) is 1.53. The van der Waals surface area contributed by atoms with E-state index in [-0.39, 0.29) is 17.1 Å². The molecule has 1 atom stereocenters. The summed E-state index contributed by atoms with van der Waals surface area (Å²) in [5.41, 5.74) is 0.152. The van der Waals surface area contributed by atoms with Crippen molar-refractivity contribution in [3.8, 4) is 0 Å². The number of nitrogens with zero attached hydrogens (tertiary/aromatic N) is 1. The number of non-ortho nitro benzene ring substituents is 1. The van der Waals surface area contributed by atoms with Crippen LogP contribution in [0.25, 0.3) is 0 Å². The summed E-state index contributed by atoms with van der Waals surface area (Å²) in [5, 5.41) is 19.6. The molecule has 8 heteroatoms. The van der Waals surface area contributed by atoms with Gasteiger partial charge < -0.3 is 5.11 Å². The quantitative estimate of drug-likeness (QED) is 0.598. The van der Waals surface area contributed by atoms with Gasteiger partial charge in [0.15, 0.2) is 0 Å². The van der Waals surface area contributed by atoms with Crippen LogP contribution < -0.4 is 4.72 Å². The van der Waals surface area contributed by atoms with Crippen molar-refractivity contribution in [1.82, 2.24) is 4.72 Å². The summed E-state index contributed by atoms with van der Waals surface area (Å²) in [7, 11) is -3.71. The first-order valence-corrected chi connectivity index (χ1v) is 7.15. The largest absolute Gasteiger partial charge is 0.393 e. The Bertz CT molecular complexity index is 568.